The third-order valence-corrected chi connectivity index (χ3v) is 4.17. The summed E-state index contributed by atoms with van der Waals surface area (Å²) < 4.78 is 5.43. The number of hydrogen-bond donors (Lipinski definition) is 0. The van der Waals surface area contributed by atoms with E-state index in [0.717, 1.165) is 30.9 Å². The fourth-order valence-corrected chi connectivity index (χ4v) is 3.18. The second kappa shape index (κ2) is 5.67. The smallest absolute Gasteiger partial charge is 0.122 e. The number of nitrogens with zero attached hydrogens (tertiary/aromatic N) is 2. The van der Waals surface area contributed by atoms with Crippen molar-refractivity contribution in [3.63, 3.8) is 0 Å². The zero-order valence-corrected chi connectivity index (χ0v) is 12.5. The highest BCUT2D eigenvalue weighted by atomic mass is 35.5. The molecule has 0 N–H and O–H groups in total. The molecule has 4 heteroatoms. The molecule has 2 aromatic rings. The highest BCUT2D eigenvalue weighted by Gasteiger charge is 2.22. The summed E-state index contributed by atoms with van der Waals surface area (Å²) >= 11 is 6.31. The lowest BCUT2D eigenvalue weighted by atomic mass is 9.97. The van der Waals surface area contributed by atoms with Crippen LogP contribution >= 0.6 is 11.6 Å². The Balaban J connectivity index is 2.00. The first-order valence-corrected chi connectivity index (χ1v) is 7.20. The quantitative estimate of drug-likeness (QED) is 0.846. The van der Waals surface area contributed by atoms with Crippen molar-refractivity contribution in [3.05, 3.63) is 58.1 Å². The van der Waals surface area contributed by atoms with Gasteiger partial charge in [-0.2, -0.15) is 5.26 Å². The van der Waals surface area contributed by atoms with Crippen LogP contribution < -0.4 is 9.64 Å². The van der Waals surface area contributed by atoms with Gasteiger partial charge in [-0.1, -0.05) is 29.8 Å². The lowest BCUT2D eigenvalue weighted by Crippen LogP contribution is -2.31. The minimum absolute atomic E-state index is 0.619. The SMILES string of the molecule is COc1cccc2c1CCN(c1c(Cl)cccc1C#N)C2. The standard InChI is InChI=1S/C17H15ClN2O/c1-21-16-7-3-5-13-11-20(9-8-14(13)16)17-12(10-19)4-2-6-15(17)18/h2-7H,8-9,11H2,1H3. The maximum atomic E-state index is 9.30. The molecule has 2 aromatic carbocycles. The minimum atomic E-state index is 0.619. The molecule has 21 heavy (non-hydrogen) atoms. The molecule has 1 aliphatic rings. The molecule has 0 spiro atoms. The maximum Gasteiger partial charge on any atom is 0.122 e. The number of fused-ring (bicyclic) bond motifs is 1. The van der Waals surface area contributed by atoms with Gasteiger partial charge in [0, 0.05) is 18.7 Å². The first-order valence-electron chi connectivity index (χ1n) is 6.83. The normalized spacial score (nSPS) is 13.5. The van der Waals surface area contributed by atoms with Gasteiger partial charge in [-0.05, 0) is 30.2 Å². The van der Waals surface area contributed by atoms with E-state index in [-0.39, 0.29) is 0 Å². The van der Waals surface area contributed by atoms with E-state index in [1.54, 1.807) is 7.11 Å². The number of benzene rings is 2. The molecule has 0 fully saturated rings. The van der Waals surface area contributed by atoms with Crippen molar-refractivity contribution in [2.45, 2.75) is 13.0 Å². The molecule has 0 radical (unpaired) electrons. The molecule has 0 bridgehead atoms. The van der Waals surface area contributed by atoms with Crippen LogP contribution in [0.25, 0.3) is 0 Å². The van der Waals surface area contributed by atoms with Crippen molar-refractivity contribution in [1.82, 2.24) is 0 Å². The van der Waals surface area contributed by atoms with Crippen LogP contribution in [0.5, 0.6) is 5.75 Å². The van der Waals surface area contributed by atoms with E-state index in [2.05, 4.69) is 17.0 Å². The molecule has 0 atom stereocenters. The summed E-state index contributed by atoms with van der Waals surface area (Å²) in [5.74, 6) is 0.937. The summed E-state index contributed by atoms with van der Waals surface area (Å²) in [6, 6.07) is 13.8. The number of nitriles is 1. The topological polar surface area (TPSA) is 36.3 Å². The molecule has 0 unspecified atom stereocenters. The molecule has 0 aliphatic carbocycles. The fraction of sp³-hybridized carbons (Fsp3) is 0.235. The number of methoxy groups -OCH3 is 1. The van der Waals surface area contributed by atoms with E-state index in [1.165, 1.54) is 11.1 Å². The van der Waals surface area contributed by atoms with Gasteiger partial charge in [-0.15, -0.1) is 0 Å². The number of hydrogen-bond acceptors (Lipinski definition) is 3. The Bertz CT molecular complexity index is 721. The molecule has 106 valence electrons. The molecule has 0 saturated carbocycles. The van der Waals surface area contributed by atoms with Gasteiger partial charge < -0.3 is 9.64 Å². The molecular weight excluding hydrogens is 284 g/mol. The van der Waals surface area contributed by atoms with Gasteiger partial charge in [-0.3, -0.25) is 0 Å². The van der Waals surface area contributed by atoms with E-state index in [1.807, 2.05) is 30.3 Å². The lowest BCUT2D eigenvalue weighted by Gasteiger charge is -2.32. The second-order valence-corrected chi connectivity index (χ2v) is 5.42. The number of halogens is 1. The fourth-order valence-electron chi connectivity index (χ4n) is 2.88. The van der Waals surface area contributed by atoms with Crippen LogP contribution in [-0.4, -0.2) is 13.7 Å². The first-order chi connectivity index (χ1) is 10.2. The van der Waals surface area contributed by atoms with Crippen molar-refractivity contribution in [2.24, 2.45) is 0 Å². The highest BCUT2D eigenvalue weighted by Crippen LogP contribution is 2.35. The largest absolute Gasteiger partial charge is 0.496 e. The number of rotatable bonds is 2. The molecule has 1 heterocycles. The monoisotopic (exact) mass is 298 g/mol. The Labute approximate surface area is 129 Å². The van der Waals surface area contributed by atoms with Gasteiger partial charge in [0.2, 0.25) is 0 Å². The van der Waals surface area contributed by atoms with Gasteiger partial charge in [0.05, 0.1) is 23.4 Å². The van der Waals surface area contributed by atoms with E-state index in [9.17, 15) is 5.26 Å². The van der Waals surface area contributed by atoms with E-state index >= 15 is 0 Å². The average Bonchev–Trinajstić information content (AvgIpc) is 2.53. The summed E-state index contributed by atoms with van der Waals surface area (Å²) in [4.78, 5) is 2.17. The van der Waals surface area contributed by atoms with Crippen LogP contribution in [0.1, 0.15) is 16.7 Å². The van der Waals surface area contributed by atoms with E-state index in [4.69, 9.17) is 16.3 Å². The second-order valence-electron chi connectivity index (χ2n) is 5.02. The third kappa shape index (κ3) is 2.43. The summed E-state index contributed by atoms with van der Waals surface area (Å²) in [5.41, 5.74) is 3.93. The zero-order chi connectivity index (χ0) is 14.8. The first kappa shape index (κ1) is 13.8. The van der Waals surface area contributed by atoms with E-state index in [0.29, 0.717) is 10.6 Å². The molecule has 0 saturated heterocycles. The average molecular weight is 299 g/mol. The van der Waals surface area contributed by atoms with Crippen LogP contribution in [0.4, 0.5) is 5.69 Å². The Morgan fingerprint density at radius 1 is 1.24 bits per heavy atom. The number of anilines is 1. The summed E-state index contributed by atoms with van der Waals surface area (Å²) in [6.07, 6.45) is 0.884. The van der Waals surface area contributed by atoms with Gasteiger partial charge in [0.25, 0.3) is 0 Å². The highest BCUT2D eigenvalue weighted by molar-refractivity contribution is 6.33. The van der Waals surface area contributed by atoms with Gasteiger partial charge in [-0.25, -0.2) is 0 Å². The Hall–Kier alpha value is -2.18. The van der Waals surface area contributed by atoms with Gasteiger partial charge >= 0.3 is 0 Å². The molecular formula is C17H15ClN2O. The van der Waals surface area contributed by atoms with Crippen molar-refractivity contribution in [1.29, 1.82) is 5.26 Å². The number of para-hydroxylation sites is 1. The van der Waals surface area contributed by atoms with Crippen molar-refractivity contribution in [2.75, 3.05) is 18.6 Å². The van der Waals surface area contributed by atoms with Crippen LogP contribution in [0.15, 0.2) is 36.4 Å². The Morgan fingerprint density at radius 2 is 2.05 bits per heavy atom. The third-order valence-electron chi connectivity index (χ3n) is 3.87. The minimum Gasteiger partial charge on any atom is -0.496 e. The molecule has 0 amide bonds. The van der Waals surface area contributed by atoms with E-state index < -0.39 is 0 Å². The van der Waals surface area contributed by atoms with Gasteiger partial charge in [0.15, 0.2) is 0 Å². The summed E-state index contributed by atoms with van der Waals surface area (Å²) in [7, 11) is 1.70. The van der Waals surface area contributed by atoms with Crippen LogP contribution in [0.3, 0.4) is 0 Å². The van der Waals surface area contributed by atoms with Crippen LogP contribution in [0, 0.1) is 11.3 Å². The van der Waals surface area contributed by atoms with Crippen molar-refractivity contribution < 1.29 is 4.74 Å². The zero-order valence-electron chi connectivity index (χ0n) is 11.8. The molecule has 0 aromatic heterocycles. The Kier molecular flexibility index (Phi) is 3.72. The molecule has 1 aliphatic heterocycles. The predicted octanol–water partition coefficient (Wildman–Crippen LogP) is 3.78. The Morgan fingerprint density at radius 3 is 2.81 bits per heavy atom. The predicted molar refractivity (Wildman–Crippen MR) is 83.9 cm³/mol. The van der Waals surface area contributed by atoms with Crippen molar-refractivity contribution >= 4 is 17.3 Å². The number of ether oxygens (including phenoxy) is 1. The van der Waals surface area contributed by atoms with Crippen LogP contribution in [-0.2, 0) is 13.0 Å². The summed E-state index contributed by atoms with van der Waals surface area (Å²) in [5, 5.41) is 9.92. The van der Waals surface area contributed by atoms with Crippen LogP contribution in [0.2, 0.25) is 5.02 Å². The lowest BCUT2D eigenvalue weighted by molar-refractivity contribution is 0.407. The maximum absolute atomic E-state index is 9.30. The summed E-state index contributed by atoms with van der Waals surface area (Å²) in [6.45, 7) is 1.57. The molecule has 3 nitrogen and oxygen atoms in total. The van der Waals surface area contributed by atoms with Crippen molar-refractivity contribution in [3.8, 4) is 11.8 Å². The van der Waals surface area contributed by atoms with Gasteiger partial charge in [0.1, 0.15) is 11.8 Å². The molecule has 3 rings (SSSR count).